The molecule has 0 unspecified atom stereocenters. The van der Waals surface area contributed by atoms with Crippen molar-refractivity contribution in [1.82, 2.24) is 10.6 Å². The van der Waals surface area contributed by atoms with Crippen molar-refractivity contribution in [1.29, 1.82) is 0 Å². The maximum atomic E-state index is 4.45. The minimum Gasteiger partial charge on any atom is -0.693 e. The molecule has 0 aliphatic rings. The van der Waals surface area contributed by atoms with E-state index in [-0.39, 0.29) is 55.7 Å². The molecule has 0 bridgehead atoms. The minimum absolute atomic E-state index is 0. The molecule has 292 valence electrons. The van der Waals surface area contributed by atoms with Crippen molar-refractivity contribution in [3.8, 4) is 0 Å². The van der Waals surface area contributed by atoms with Gasteiger partial charge in [-0.05, 0) is 86.0 Å². The predicted octanol–water partition coefficient (Wildman–Crippen LogP) is 12.3. The molecule has 0 heterocycles. The summed E-state index contributed by atoms with van der Waals surface area (Å²) in [7, 11) is 7.84. The molecule has 4 aromatic rings. The zero-order valence-corrected chi connectivity index (χ0v) is 38.4. The summed E-state index contributed by atoms with van der Waals surface area (Å²) >= 11 is 0. The van der Waals surface area contributed by atoms with Gasteiger partial charge in [0, 0.05) is 46.8 Å². The van der Waals surface area contributed by atoms with Crippen molar-refractivity contribution in [2.45, 2.75) is 65.2 Å². The Labute approximate surface area is 360 Å². The van der Waals surface area contributed by atoms with Gasteiger partial charge in [-0.25, -0.2) is 0 Å². The van der Waals surface area contributed by atoms with E-state index in [0.717, 1.165) is 19.6 Å². The fourth-order valence-corrected chi connectivity index (χ4v) is 7.65. The molecule has 0 aliphatic carbocycles. The van der Waals surface area contributed by atoms with Crippen LogP contribution in [0.15, 0.2) is 133 Å². The summed E-state index contributed by atoms with van der Waals surface area (Å²) < 4.78 is 0. The van der Waals surface area contributed by atoms with Crippen molar-refractivity contribution in [2.75, 3.05) is 47.8 Å². The molecule has 0 spiro atoms. The molecule has 0 radical (unpaired) electrons. The average molecular weight is 849 g/mol. The second-order valence-corrected chi connectivity index (χ2v) is 13.4. The summed E-state index contributed by atoms with van der Waals surface area (Å²) in [5, 5.41) is 15.5. The van der Waals surface area contributed by atoms with Gasteiger partial charge < -0.3 is 36.1 Å². The second-order valence-electron chi connectivity index (χ2n) is 13.4. The van der Waals surface area contributed by atoms with E-state index in [2.05, 4.69) is 170 Å². The first kappa shape index (κ1) is 52.8. The van der Waals surface area contributed by atoms with Gasteiger partial charge in [-0.2, -0.15) is 13.2 Å². The molecule has 0 saturated carbocycles. The normalized spacial score (nSPS) is 14.6. The molecule has 5 heteroatoms. The van der Waals surface area contributed by atoms with Crippen molar-refractivity contribution < 1.29 is 40.8 Å². The van der Waals surface area contributed by atoms with Gasteiger partial charge in [-0.1, -0.05) is 167 Å². The molecule has 7 atom stereocenters. The summed E-state index contributed by atoms with van der Waals surface area (Å²) in [6, 6.07) is 43.6. The molecule has 4 aromatic carbocycles. The van der Waals surface area contributed by atoms with Gasteiger partial charge in [0.05, 0.1) is 0 Å². The number of benzene rings is 4. The first-order chi connectivity index (χ1) is 24.4. The van der Waals surface area contributed by atoms with Crippen LogP contribution in [0, 0.1) is 73.4 Å². The first-order valence-corrected chi connectivity index (χ1v) is 18.7. The molecule has 0 amide bonds. The topological polar surface area (TPSA) is 52.3 Å². The van der Waals surface area contributed by atoms with E-state index < -0.39 is 0 Å². The summed E-state index contributed by atoms with van der Waals surface area (Å²) in [6.45, 7) is 16.1. The third-order valence-electron chi connectivity index (χ3n) is 9.64. The Bertz CT molecular complexity index is 1360. The van der Waals surface area contributed by atoms with Crippen LogP contribution in [0.25, 0.3) is 10.6 Å². The van der Waals surface area contributed by atoms with Crippen molar-refractivity contribution in [2.24, 2.45) is 17.8 Å². The second kappa shape index (κ2) is 30.9. The third-order valence-corrected chi connectivity index (χ3v) is 9.64. The Morgan fingerprint density at radius 1 is 0.547 bits per heavy atom. The van der Waals surface area contributed by atoms with Gasteiger partial charge in [-0.15, -0.1) is 13.6 Å². The van der Waals surface area contributed by atoms with E-state index in [1.54, 1.807) is 0 Å². The number of rotatable bonds is 17. The van der Waals surface area contributed by atoms with Crippen molar-refractivity contribution in [3.05, 3.63) is 181 Å². The minimum atomic E-state index is 0. The van der Waals surface area contributed by atoms with Gasteiger partial charge in [0.25, 0.3) is 0 Å². The molecule has 0 aliphatic heterocycles. The standard InChI is InChI=1S/C22H31N2.C22H29N2.C2H6.2CH3.Nd/c2*1-17(15-23-3)21(19-11-7-5-8-12-19)22(18(2)16-24-4)20-13-9-6-10-14-20;1-2;;;/h5-14,17-18,21-23H,15-16H2,1-4H3;5-15,18,21-22,24H,16H2,1-4H3;1-2H3;2*1H3;/q2*-1;;2*-1;/b;17-15+;;;;/t17-,18-,21+,22+;18-,21+,22+;;;;/m01..../s1. The van der Waals surface area contributed by atoms with Crippen LogP contribution in [0.5, 0.6) is 0 Å². The molecule has 4 rings (SSSR count). The van der Waals surface area contributed by atoms with E-state index in [0.29, 0.717) is 41.4 Å². The van der Waals surface area contributed by atoms with Crippen LogP contribution >= 0.6 is 0 Å². The van der Waals surface area contributed by atoms with Gasteiger partial charge in [0.2, 0.25) is 0 Å². The van der Waals surface area contributed by atoms with Crippen LogP contribution in [-0.2, 0) is 0 Å². The SMILES string of the molecule is CC.C[N-]/C=C(\C)[C@@H](c1ccccc1)[C@H](c1ccccc1)[C@H](C)CNC.C[N-]C[C@H](C)[C@H](c1ccccc1)[C@@H](c1ccccc1)[C@@H](C)CNC.[CH3-].[CH3-].[Nd]. The van der Waals surface area contributed by atoms with E-state index in [1.807, 2.05) is 48.2 Å². The molecule has 4 nitrogen and oxygen atoms in total. The van der Waals surface area contributed by atoms with Crippen LogP contribution in [0.2, 0.25) is 0 Å². The molecule has 0 fully saturated rings. The average Bonchev–Trinajstić information content (AvgIpc) is 3.15. The number of nitrogens with one attached hydrogen (secondary N) is 2. The Morgan fingerprint density at radius 2 is 0.868 bits per heavy atom. The van der Waals surface area contributed by atoms with Gasteiger partial charge in [0.1, 0.15) is 0 Å². The zero-order valence-electron chi connectivity index (χ0n) is 35.2. The summed E-state index contributed by atoms with van der Waals surface area (Å²) in [4.78, 5) is 0. The fourth-order valence-electron chi connectivity index (χ4n) is 7.65. The van der Waals surface area contributed by atoms with Crippen LogP contribution in [-0.4, -0.2) is 47.8 Å². The molecular weight excluding hydrogens is 777 g/mol. The Balaban J connectivity index is 0. The van der Waals surface area contributed by atoms with Crippen LogP contribution in [0.4, 0.5) is 0 Å². The molecule has 53 heavy (non-hydrogen) atoms. The molecule has 2 N–H and O–H groups in total. The summed E-state index contributed by atoms with van der Waals surface area (Å²) in [5.74, 6) is 3.20. The van der Waals surface area contributed by atoms with Crippen LogP contribution in [0.3, 0.4) is 0 Å². The first-order valence-electron chi connectivity index (χ1n) is 18.7. The number of hydrogen-bond donors (Lipinski definition) is 2. The predicted molar refractivity (Wildman–Crippen MR) is 233 cm³/mol. The van der Waals surface area contributed by atoms with Crippen molar-refractivity contribution in [3.63, 3.8) is 0 Å². The number of allylic oxidation sites excluding steroid dienone is 1. The van der Waals surface area contributed by atoms with E-state index >= 15 is 0 Å². The van der Waals surface area contributed by atoms with E-state index in [9.17, 15) is 0 Å². The number of nitrogens with zero attached hydrogens (tertiary/aromatic N) is 2. The summed E-state index contributed by atoms with van der Waals surface area (Å²) in [6.07, 6.45) is 2.01. The Hall–Kier alpha value is -2.35. The maximum Gasteiger partial charge on any atom is 0.0103 e. The van der Waals surface area contributed by atoms with E-state index in [1.165, 1.54) is 27.8 Å². The monoisotopic (exact) mass is 846 g/mol. The van der Waals surface area contributed by atoms with Gasteiger partial charge in [-0.3, -0.25) is 0 Å². The quantitative estimate of drug-likeness (QED) is 0.104. The Kier molecular flexibility index (Phi) is 30.8. The van der Waals surface area contributed by atoms with Gasteiger partial charge in [0.15, 0.2) is 0 Å². The molecule has 0 saturated heterocycles. The molecular formula is C48H72N4Nd-4. The fraction of sp³-hybridized carbons (Fsp3) is 0.417. The summed E-state index contributed by atoms with van der Waals surface area (Å²) in [5.41, 5.74) is 6.90. The van der Waals surface area contributed by atoms with Crippen LogP contribution < -0.4 is 10.6 Å². The number of hydrogen-bond acceptors (Lipinski definition) is 2. The smallest absolute Gasteiger partial charge is 0.0103 e. The Morgan fingerprint density at radius 3 is 1.21 bits per heavy atom. The van der Waals surface area contributed by atoms with Crippen LogP contribution in [0.1, 0.15) is 87.5 Å². The molecule has 0 aromatic heterocycles. The largest absolute Gasteiger partial charge is 0.693 e. The van der Waals surface area contributed by atoms with E-state index in [4.69, 9.17) is 0 Å². The third kappa shape index (κ3) is 16.9. The zero-order chi connectivity index (χ0) is 36.7. The van der Waals surface area contributed by atoms with Crippen molar-refractivity contribution >= 4 is 0 Å². The van der Waals surface area contributed by atoms with Gasteiger partial charge >= 0.3 is 0 Å². The maximum absolute atomic E-state index is 4.45.